The van der Waals surface area contributed by atoms with E-state index in [0.29, 0.717) is 6.54 Å². The van der Waals surface area contributed by atoms with E-state index < -0.39 is 0 Å². The maximum Gasteiger partial charge on any atom is 0.241 e. The monoisotopic (exact) mass is 219 g/mol. The summed E-state index contributed by atoms with van der Waals surface area (Å²) in [6.45, 7) is 4.14. The third kappa shape index (κ3) is 2.51. The van der Waals surface area contributed by atoms with Gasteiger partial charge in [0, 0.05) is 19.3 Å². The van der Waals surface area contributed by atoms with Crippen LogP contribution in [0.2, 0.25) is 0 Å². The molecule has 1 aliphatic heterocycles. The number of aromatic nitrogens is 1. The molecule has 2 rings (SSSR count). The molecule has 0 aromatic carbocycles. The van der Waals surface area contributed by atoms with Crippen LogP contribution in [0.25, 0.3) is 0 Å². The van der Waals surface area contributed by atoms with Crippen LogP contribution in [0.5, 0.6) is 0 Å². The molecule has 0 saturated carbocycles. The number of anilines is 1. The van der Waals surface area contributed by atoms with Gasteiger partial charge in [0.25, 0.3) is 0 Å². The molecule has 1 fully saturated rings. The van der Waals surface area contributed by atoms with Gasteiger partial charge in [-0.15, -0.1) is 0 Å². The third-order valence-electron chi connectivity index (χ3n) is 2.88. The molecule has 0 radical (unpaired) electrons. The fraction of sp³-hybridized carbons (Fsp3) is 0.500. The quantitative estimate of drug-likeness (QED) is 0.836. The van der Waals surface area contributed by atoms with Crippen molar-refractivity contribution in [1.29, 1.82) is 0 Å². The molecule has 0 spiro atoms. The topological polar surface area (TPSA) is 45.2 Å². The van der Waals surface area contributed by atoms with Crippen LogP contribution < -0.4 is 5.32 Å². The summed E-state index contributed by atoms with van der Waals surface area (Å²) in [5.74, 6) is 0.970. The SMILES string of the molecule is Cc1cccnc1NCC(=O)N1CCCC1. The summed E-state index contributed by atoms with van der Waals surface area (Å²) in [6.07, 6.45) is 4.00. The van der Waals surface area contributed by atoms with E-state index in [1.54, 1.807) is 6.20 Å². The molecule has 0 aliphatic carbocycles. The zero-order valence-corrected chi connectivity index (χ0v) is 9.57. The van der Waals surface area contributed by atoms with E-state index in [4.69, 9.17) is 0 Å². The van der Waals surface area contributed by atoms with E-state index in [9.17, 15) is 4.79 Å². The van der Waals surface area contributed by atoms with Crippen LogP contribution in [0.4, 0.5) is 5.82 Å². The highest BCUT2D eigenvalue weighted by Crippen LogP contribution is 2.10. The van der Waals surface area contributed by atoms with Gasteiger partial charge in [-0.05, 0) is 31.4 Å². The van der Waals surface area contributed by atoms with E-state index >= 15 is 0 Å². The molecule has 1 aliphatic rings. The zero-order chi connectivity index (χ0) is 11.4. The summed E-state index contributed by atoms with van der Waals surface area (Å²) in [5.41, 5.74) is 1.07. The Morgan fingerprint density at radius 2 is 2.25 bits per heavy atom. The largest absolute Gasteiger partial charge is 0.361 e. The molecule has 0 atom stereocenters. The van der Waals surface area contributed by atoms with E-state index in [0.717, 1.165) is 37.3 Å². The van der Waals surface area contributed by atoms with Crippen LogP contribution in [0.1, 0.15) is 18.4 Å². The van der Waals surface area contributed by atoms with Crippen LogP contribution in [-0.2, 0) is 4.79 Å². The lowest BCUT2D eigenvalue weighted by atomic mass is 10.3. The van der Waals surface area contributed by atoms with Crippen molar-refractivity contribution in [1.82, 2.24) is 9.88 Å². The number of rotatable bonds is 3. The average Bonchev–Trinajstić information content (AvgIpc) is 2.81. The Morgan fingerprint density at radius 1 is 1.50 bits per heavy atom. The number of nitrogens with one attached hydrogen (secondary N) is 1. The van der Waals surface area contributed by atoms with Gasteiger partial charge in [0.2, 0.25) is 5.91 Å². The lowest BCUT2D eigenvalue weighted by Crippen LogP contribution is -2.33. The standard InChI is InChI=1S/C12H17N3O/c1-10-5-4-6-13-12(10)14-9-11(16)15-7-2-3-8-15/h4-6H,2-3,7-9H2,1H3,(H,13,14). The minimum atomic E-state index is 0.169. The first kappa shape index (κ1) is 10.9. The Labute approximate surface area is 95.7 Å². The third-order valence-corrected chi connectivity index (χ3v) is 2.88. The lowest BCUT2D eigenvalue weighted by Gasteiger charge is -2.16. The zero-order valence-electron chi connectivity index (χ0n) is 9.57. The van der Waals surface area contributed by atoms with Gasteiger partial charge in [0.05, 0.1) is 6.54 Å². The Morgan fingerprint density at radius 3 is 2.94 bits per heavy atom. The van der Waals surface area contributed by atoms with Gasteiger partial charge in [-0.1, -0.05) is 6.07 Å². The van der Waals surface area contributed by atoms with Gasteiger partial charge in [-0.3, -0.25) is 4.79 Å². The molecular weight excluding hydrogens is 202 g/mol. The molecule has 0 unspecified atom stereocenters. The second kappa shape index (κ2) is 4.96. The van der Waals surface area contributed by atoms with Crippen LogP contribution in [0.3, 0.4) is 0 Å². The molecule has 1 amide bonds. The minimum Gasteiger partial charge on any atom is -0.361 e. The van der Waals surface area contributed by atoms with Crippen molar-refractivity contribution >= 4 is 11.7 Å². The minimum absolute atomic E-state index is 0.169. The van der Waals surface area contributed by atoms with Gasteiger partial charge in [-0.2, -0.15) is 0 Å². The fourth-order valence-corrected chi connectivity index (χ4v) is 1.91. The first-order valence-corrected chi connectivity index (χ1v) is 5.70. The first-order valence-electron chi connectivity index (χ1n) is 5.70. The van der Waals surface area contributed by atoms with Crippen LogP contribution in [-0.4, -0.2) is 35.4 Å². The number of nitrogens with zero attached hydrogens (tertiary/aromatic N) is 2. The van der Waals surface area contributed by atoms with Crippen molar-refractivity contribution in [3.63, 3.8) is 0 Å². The molecule has 1 N–H and O–H groups in total. The number of carbonyl (C=O) groups is 1. The molecule has 4 heteroatoms. The van der Waals surface area contributed by atoms with Crippen molar-refractivity contribution in [2.45, 2.75) is 19.8 Å². The summed E-state index contributed by atoms with van der Waals surface area (Å²) < 4.78 is 0. The highest BCUT2D eigenvalue weighted by Gasteiger charge is 2.17. The molecule has 1 saturated heterocycles. The Bertz CT molecular complexity index is 372. The number of likely N-dealkylation sites (tertiary alicyclic amines) is 1. The smallest absolute Gasteiger partial charge is 0.241 e. The fourth-order valence-electron chi connectivity index (χ4n) is 1.91. The molecular formula is C12H17N3O. The second-order valence-electron chi connectivity index (χ2n) is 4.11. The van der Waals surface area contributed by atoms with Crippen molar-refractivity contribution < 1.29 is 4.79 Å². The van der Waals surface area contributed by atoms with Crippen LogP contribution in [0.15, 0.2) is 18.3 Å². The Kier molecular flexibility index (Phi) is 3.39. The first-order chi connectivity index (χ1) is 7.77. The number of amides is 1. The molecule has 1 aromatic heterocycles. The van der Waals surface area contributed by atoms with E-state index in [-0.39, 0.29) is 5.91 Å². The Balaban J connectivity index is 1.87. The number of hydrogen-bond acceptors (Lipinski definition) is 3. The van der Waals surface area contributed by atoms with Gasteiger partial charge in [0.15, 0.2) is 0 Å². The molecule has 1 aromatic rings. The van der Waals surface area contributed by atoms with Gasteiger partial charge in [-0.25, -0.2) is 4.98 Å². The predicted molar refractivity (Wildman–Crippen MR) is 63.3 cm³/mol. The molecule has 0 bridgehead atoms. The van der Waals surface area contributed by atoms with Crippen LogP contribution >= 0.6 is 0 Å². The number of pyridine rings is 1. The maximum absolute atomic E-state index is 11.8. The van der Waals surface area contributed by atoms with Crippen molar-refractivity contribution in [2.24, 2.45) is 0 Å². The summed E-state index contributed by atoms with van der Waals surface area (Å²) in [6, 6.07) is 3.87. The maximum atomic E-state index is 11.8. The van der Waals surface area contributed by atoms with Crippen molar-refractivity contribution in [3.8, 4) is 0 Å². The van der Waals surface area contributed by atoms with Crippen molar-refractivity contribution in [3.05, 3.63) is 23.9 Å². The number of aryl methyl sites for hydroxylation is 1. The van der Waals surface area contributed by atoms with Gasteiger partial charge < -0.3 is 10.2 Å². The highest BCUT2D eigenvalue weighted by molar-refractivity contribution is 5.80. The molecule has 2 heterocycles. The highest BCUT2D eigenvalue weighted by atomic mass is 16.2. The molecule has 86 valence electrons. The van der Waals surface area contributed by atoms with Gasteiger partial charge in [0.1, 0.15) is 5.82 Å². The van der Waals surface area contributed by atoms with Gasteiger partial charge >= 0.3 is 0 Å². The molecule has 4 nitrogen and oxygen atoms in total. The lowest BCUT2D eigenvalue weighted by molar-refractivity contribution is -0.128. The normalized spacial score (nSPS) is 15.2. The van der Waals surface area contributed by atoms with Crippen molar-refractivity contribution in [2.75, 3.05) is 25.0 Å². The van der Waals surface area contributed by atoms with E-state index in [1.165, 1.54) is 0 Å². The summed E-state index contributed by atoms with van der Waals surface area (Å²) in [4.78, 5) is 17.9. The Hall–Kier alpha value is -1.58. The number of carbonyl (C=O) groups excluding carboxylic acids is 1. The summed E-state index contributed by atoms with van der Waals surface area (Å²) in [7, 11) is 0. The number of hydrogen-bond donors (Lipinski definition) is 1. The molecule has 16 heavy (non-hydrogen) atoms. The average molecular weight is 219 g/mol. The van der Waals surface area contributed by atoms with Crippen LogP contribution in [0, 0.1) is 6.92 Å². The summed E-state index contributed by atoms with van der Waals surface area (Å²) in [5, 5.41) is 3.09. The summed E-state index contributed by atoms with van der Waals surface area (Å²) >= 11 is 0. The van der Waals surface area contributed by atoms with E-state index in [2.05, 4.69) is 10.3 Å². The van der Waals surface area contributed by atoms with E-state index in [1.807, 2.05) is 24.0 Å². The second-order valence-corrected chi connectivity index (χ2v) is 4.11. The predicted octanol–water partition coefficient (Wildman–Crippen LogP) is 1.42.